The molecule has 0 heterocycles. The molecule has 0 amide bonds. The first-order valence-corrected chi connectivity index (χ1v) is 25.7. The van der Waals surface area contributed by atoms with Crippen molar-refractivity contribution in [2.45, 2.75) is 107 Å². The lowest BCUT2D eigenvalue weighted by atomic mass is 9.48. The minimum Gasteiger partial charge on any atom is -0.310 e. The van der Waals surface area contributed by atoms with Crippen molar-refractivity contribution in [3.8, 4) is 11.1 Å². The molecule has 7 aromatic carbocycles. The second-order valence-electron chi connectivity index (χ2n) is 22.5. The van der Waals surface area contributed by atoms with Gasteiger partial charge in [0.25, 0.3) is 0 Å². The average molecular weight is 859 g/mol. The topological polar surface area (TPSA) is 6.48 Å². The molecule has 2 nitrogen and oxygen atoms in total. The van der Waals surface area contributed by atoms with E-state index in [1.54, 1.807) is 27.8 Å². The molecule has 5 fully saturated rings. The molecule has 15 rings (SSSR count). The van der Waals surface area contributed by atoms with Crippen LogP contribution in [0, 0.1) is 29.6 Å². The third-order valence-corrected chi connectivity index (χ3v) is 18.8. The number of rotatable bonds is 7. The Morgan fingerprint density at radius 1 is 0.424 bits per heavy atom. The van der Waals surface area contributed by atoms with Crippen LogP contribution in [0.4, 0.5) is 34.1 Å². The zero-order valence-corrected chi connectivity index (χ0v) is 38.9. The monoisotopic (exact) mass is 858 g/mol. The van der Waals surface area contributed by atoms with Crippen LogP contribution in [0.5, 0.6) is 0 Å². The highest BCUT2D eigenvalue weighted by Gasteiger charge is 2.60. The zero-order valence-electron chi connectivity index (χ0n) is 38.9. The van der Waals surface area contributed by atoms with E-state index in [2.05, 4.69) is 187 Å². The lowest BCUT2D eigenvalue weighted by Gasteiger charge is -2.57. The third kappa shape index (κ3) is 5.54. The molecule has 0 radical (unpaired) electrons. The van der Waals surface area contributed by atoms with Gasteiger partial charge >= 0.3 is 0 Å². The normalized spacial score (nSPS) is 27.8. The van der Waals surface area contributed by atoms with Crippen LogP contribution in [0.3, 0.4) is 0 Å². The van der Waals surface area contributed by atoms with Crippen LogP contribution >= 0.6 is 0 Å². The standard InChI is InChI=1S/C64H62N2/c1-62(2)54-26-12-11-25-52(54)53-32-31-51(38-56(53)62)65(49-21-5-3-6-22-49)58-29-15-17-45-36-47-19-9-10-20-48-37-46-18-16-30-59(61(46)64(47,48)60(45)58)66(50-23-7-4-8-24-50)57-28-14-13-27-55(57)63-39-42-33-43(40-63)35-44(34-42)41-63/h3-8,11-18,21-32,38,42-44,47-48H,9-10,19-20,33-37,39-41H2,1-2H3. The molecule has 328 valence electrons. The van der Waals surface area contributed by atoms with Gasteiger partial charge in [-0.25, -0.2) is 0 Å². The fourth-order valence-electron chi connectivity index (χ4n) is 16.8. The first-order valence-electron chi connectivity index (χ1n) is 25.7. The van der Waals surface area contributed by atoms with E-state index < -0.39 is 0 Å². The minimum atomic E-state index is -0.129. The number of nitrogens with zero attached hydrogens (tertiary/aromatic N) is 2. The summed E-state index contributed by atoms with van der Waals surface area (Å²) in [5.41, 5.74) is 21.6. The van der Waals surface area contributed by atoms with E-state index in [1.165, 1.54) is 121 Å². The van der Waals surface area contributed by atoms with Gasteiger partial charge in [0.2, 0.25) is 0 Å². The highest BCUT2D eigenvalue weighted by atomic mass is 15.2. The maximum atomic E-state index is 2.78. The van der Waals surface area contributed by atoms with Crippen molar-refractivity contribution in [2.24, 2.45) is 29.6 Å². The SMILES string of the molecule is CC1(C)c2ccccc2-c2ccc(N(c3ccccc3)c3cccc4c3C35c6c(cccc6N(c6ccccc6)c6ccccc6C67CC8CC(CC(C8)C6)C7)CC3CCCCC5C4)cc21. The lowest BCUT2D eigenvalue weighted by molar-refractivity contribution is -0.00491. The molecule has 0 saturated heterocycles. The van der Waals surface area contributed by atoms with Gasteiger partial charge in [0, 0.05) is 33.6 Å². The molecule has 8 aliphatic rings. The number of hydrogen-bond donors (Lipinski definition) is 0. The molecule has 1 spiro atoms. The van der Waals surface area contributed by atoms with Gasteiger partial charge < -0.3 is 9.80 Å². The van der Waals surface area contributed by atoms with Crippen LogP contribution in [0.2, 0.25) is 0 Å². The van der Waals surface area contributed by atoms with Crippen molar-refractivity contribution < 1.29 is 0 Å². The van der Waals surface area contributed by atoms with E-state index in [0.717, 1.165) is 30.6 Å². The average Bonchev–Trinajstić information content (AvgIpc) is 3.89. The summed E-state index contributed by atoms with van der Waals surface area (Å²) < 4.78 is 0. The number of fused-ring (bicyclic) bond motifs is 5. The van der Waals surface area contributed by atoms with E-state index in [1.807, 2.05) is 0 Å². The molecular formula is C64H62N2. The largest absolute Gasteiger partial charge is 0.310 e. The summed E-state index contributed by atoms with van der Waals surface area (Å²) >= 11 is 0. The summed E-state index contributed by atoms with van der Waals surface area (Å²) in [6.45, 7) is 4.84. The van der Waals surface area contributed by atoms with E-state index in [9.17, 15) is 0 Å². The predicted molar refractivity (Wildman–Crippen MR) is 273 cm³/mol. The Labute approximate surface area is 392 Å². The van der Waals surface area contributed by atoms with E-state index >= 15 is 0 Å². The molecule has 5 saturated carbocycles. The van der Waals surface area contributed by atoms with Crippen LogP contribution in [0.1, 0.15) is 117 Å². The predicted octanol–water partition coefficient (Wildman–Crippen LogP) is 16.6. The molecule has 4 bridgehead atoms. The van der Waals surface area contributed by atoms with Gasteiger partial charge in [-0.05, 0) is 204 Å². The zero-order chi connectivity index (χ0) is 43.8. The van der Waals surface area contributed by atoms with Crippen LogP contribution in [0.25, 0.3) is 11.1 Å². The van der Waals surface area contributed by atoms with Gasteiger partial charge in [-0.3, -0.25) is 0 Å². The molecule has 8 aliphatic carbocycles. The van der Waals surface area contributed by atoms with Crippen molar-refractivity contribution in [3.63, 3.8) is 0 Å². The third-order valence-electron chi connectivity index (χ3n) is 18.8. The summed E-state index contributed by atoms with van der Waals surface area (Å²) in [5.74, 6) is 3.72. The molecular weight excluding hydrogens is 797 g/mol. The molecule has 0 N–H and O–H groups in total. The molecule has 2 heteroatoms. The second-order valence-corrected chi connectivity index (χ2v) is 22.5. The van der Waals surface area contributed by atoms with Gasteiger partial charge in [-0.1, -0.05) is 136 Å². The van der Waals surface area contributed by atoms with Crippen molar-refractivity contribution in [3.05, 3.63) is 203 Å². The smallest absolute Gasteiger partial charge is 0.0505 e. The van der Waals surface area contributed by atoms with Crippen molar-refractivity contribution in [2.75, 3.05) is 9.80 Å². The van der Waals surface area contributed by atoms with Crippen LogP contribution < -0.4 is 9.80 Å². The Kier molecular flexibility index (Phi) is 8.68. The Bertz CT molecular complexity index is 2990. The van der Waals surface area contributed by atoms with Crippen molar-refractivity contribution >= 4 is 34.1 Å². The molecule has 3 atom stereocenters. The summed E-state index contributed by atoms with van der Waals surface area (Å²) in [6, 6.07) is 64.0. The first kappa shape index (κ1) is 39.3. The summed E-state index contributed by atoms with van der Waals surface area (Å²) in [4.78, 5) is 5.44. The van der Waals surface area contributed by atoms with Gasteiger partial charge in [0.1, 0.15) is 0 Å². The number of para-hydroxylation sites is 3. The Hall–Kier alpha value is -5.86. The molecule has 66 heavy (non-hydrogen) atoms. The maximum Gasteiger partial charge on any atom is 0.0505 e. The molecule has 0 aliphatic heterocycles. The van der Waals surface area contributed by atoms with E-state index in [-0.39, 0.29) is 16.2 Å². The van der Waals surface area contributed by atoms with Crippen LogP contribution in [0.15, 0.2) is 164 Å². The van der Waals surface area contributed by atoms with Gasteiger partial charge in [0.05, 0.1) is 11.4 Å². The minimum absolute atomic E-state index is 0.0915. The van der Waals surface area contributed by atoms with Gasteiger partial charge in [0.15, 0.2) is 0 Å². The second kappa shape index (κ2) is 14.6. The van der Waals surface area contributed by atoms with Gasteiger partial charge in [-0.2, -0.15) is 0 Å². The maximum absolute atomic E-state index is 2.78. The summed E-state index contributed by atoms with van der Waals surface area (Å²) in [7, 11) is 0. The quantitative estimate of drug-likeness (QED) is 0.158. The first-order chi connectivity index (χ1) is 32.4. The van der Waals surface area contributed by atoms with E-state index in [0.29, 0.717) is 11.8 Å². The highest BCUT2D eigenvalue weighted by Crippen LogP contribution is 2.68. The Morgan fingerprint density at radius 2 is 0.924 bits per heavy atom. The Balaban J connectivity index is 1.01. The summed E-state index contributed by atoms with van der Waals surface area (Å²) in [5, 5.41) is 0. The fourth-order valence-corrected chi connectivity index (χ4v) is 16.8. The van der Waals surface area contributed by atoms with Crippen LogP contribution in [-0.4, -0.2) is 0 Å². The van der Waals surface area contributed by atoms with Gasteiger partial charge in [-0.15, -0.1) is 0 Å². The summed E-state index contributed by atoms with van der Waals surface area (Å²) in [6.07, 6.45) is 15.9. The highest BCUT2D eigenvalue weighted by molar-refractivity contribution is 5.89. The van der Waals surface area contributed by atoms with Crippen LogP contribution in [-0.2, 0) is 29.1 Å². The number of hydrogen-bond acceptors (Lipinski definition) is 2. The van der Waals surface area contributed by atoms with Crippen molar-refractivity contribution in [1.82, 2.24) is 0 Å². The number of anilines is 6. The molecule has 3 unspecified atom stereocenters. The molecule has 7 aromatic rings. The number of benzene rings is 7. The fraction of sp³-hybridized carbons (Fsp3) is 0.344. The van der Waals surface area contributed by atoms with E-state index in [4.69, 9.17) is 0 Å². The molecule has 0 aromatic heterocycles. The Morgan fingerprint density at radius 3 is 1.55 bits per heavy atom. The van der Waals surface area contributed by atoms with Crippen molar-refractivity contribution in [1.29, 1.82) is 0 Å². The lowest BCUT2D eigenvalue weighted by Crippen LogP contribution is -2.49.